The minimum atomic E-state index is 0.295. The third-order valence-corrected chi connectivity index (χ3v) is 8.55. The number of benzene rings is 1. The number of thioether (sulfide) groups is 2. The van der Waals surface area contributed by atoms with Gasteiger partial charge in [-0.05, 0) is 56.4 Å². The molecular weight excluding hydrogens is 332 g/mol. The molecule has 2 aromatic rings. The molecule has 3 rings (SSSR count). The van der Waals surface area contributed by atoms with Crippen LogP contribution in [0.5, 0.6) is 0 Å². The summed E-state index contributed by atoms with van der Waals surface area (Å²) in [5.41, 5.74) is 4.32. The first-order valence-electron chi connectivity index (χ1n) is 8.94. The molecule has 2 nitrogen and oxygen atoms in total. The van der Waals surface area contributed by atoms with Gasteiger partial charge in [0.05, 0.1) is 10.4 Å². The number of imidazole rings is 1. The predicted molar refractivity (Wildman–Crippen MR) is 108 cm³/mol. The molecule has 0 radical (unpaired) electrons. The molecule has 2 unspecified atom stereocenters. The molecule has 1 fully saturated rings. The van der Waals surface area contributed by atoms with Crippen molar-refractivity contribution in [2.45, 2.75) is 62.3 Å². The minimum absolute atomic E-state index is 0.295. The van der Waals surface area contributed by atoms with E-state index in [4.69, 9.17) is 0 Å². The van der Waals surface area contributed by atoms with Crippen LogP contribution in [0.2, 0.25) is 0 Å². The second kappa shape index (κ2) is 8.01. The van der Waals surface area contributed by atoms with E-state index in [1.807, 2.05) is 12.5 Å². The lowest BCUT2D eigenvalue weighted by molar-refractivity contribution is 0.585. The van der Waals surface area contributed by atoms with E-state index in [9.17, 15) is 0 Å². The number of rotatable bonds is 6. The molecule has 2 atom stereocenters. The Hall–Kier alpha value is -0.870. The van der Waals surface area contributed by atoms with Crippen molar-refractivity contribution >= 4 is 23.5 Å². The summed E-state index contributed by atoms with van der Waals surface area (Å²) in [4.78, 5) is 4.20. The fourth-order valence-corrected chi connectivity index (χ4v) is 7.23. The summed E-state index contributed by atoms with van der Waals surface area (Å²) < 4.78 is 2.52. The lowest BCUT2D eigenvalue weighted by Crippen LogP contribution is -2.33. The van der Waals surface area contributed by atoms with E-state index in [1.54, 1.807) is 0 Å². The van der Waals surface area contributed by atoms with Gasteiger partial charge in [0.25, 0.3) is 0 Å². The lowest BCUT2D eigenvalue weighted by Gasteiger charge is -2.40. The zero-order chi connectivity index (χ0) is 17.0. The quantitative estimate of drug-likeness (QED) is 0.679. The van der Waals surface area contributed by atoms with Gasteiger partial charge in [0.15, 0.2) is 0 Å². The van der Waals surface area contributed by atoms with Crippen molar-refractivity contribution in [3.8, 4) is 0 Å². The number of hydrogen-bond acceptors (Lipinski definition) is 3. The Morgan fingerprint density at radius 1 is 1.33 bits per heavy atom. The first-order chi connectivity index (χ1) is 11.6. The lowest BCUT2D eigenvalue weighted by atomic mass is 10.00. The zero-order valence-corrected chi connectivity index (χ0v) is 16.6. The van der Waals surface area contributed by atoms with Gasteiger partial charge in [-0.2, -0.15) is 0 Å². The second-order valence-corrected chi connectivity index (χ2v) is 10.3. The Balaban J connectivity index is 1.80. The Morgan fingerprint density at radius 2 is 2.21 bits per heavy atom. The molecule has 1 saturated heterocycles. The minimum Gasteiger partial charge on any atom is -0.337 e. The van der Waals surface area contributed by atoms with Crippen molar-refractivity contribution in [3.63, 3.8) is 0 Å². The molecular formula is C20H28N2S2. The molecule has 24 heavy (non-hydrogen) atoms. The number of nitrogens with zero attached hydrogens (tertiary/aromatic N) is 2. The highest BCUT2D eigenvalue weighted by molar-refractivity contribution is 8.19. The fourth-order valence-electron chi connectivity index (χ4n) is 3.43. The molecule has 4 heteroatoms. The maximum absolute atomic E-state index is 4.20. The Bertz CT molecular complexity index is 654. The van der Waals surface area contributed by atoms with Gasteiger partial charge in [-0.25, -0.2) is 4.98 Å². The van der Waals surface area contributed by atoms with Crippen molar-refractivity contribution < 1.29 is 0 Å². The SMILES string of the molecule is CCC1CCSC(CCn2ccnc2)(Cc2ccc(C)cc2C)S1. The second-order valence-electron chi connectivity index (χ2n) is 6.85. The van der Waals surface area contributed by atoms with Gasteiger partial charge < -0.3 is 4.57 Å². The van der Waals surface area contributed by atoms with Gasteiger partial charge in [-0.15, -0.1) is 23.5 Å². The van der Waals surface area contributed by atoms with Gasteiger partial charge in [0.1, 0.15) is 0 Å². The van der Waals surface area contributed by atoms with Gasteiger partial charge in [0, 0.05) is 24.2 Å². The highest BCUT2D eigenvalue weighted by Gasteiger charge is 2.37. The number of hydrogen-bond donors (Lipinski definition) is 0. The largest absolute Gasteiger partial charge is 0.337 e. The molecule has 1 aliphatic heterocycles. The van der Waals surface area contributed by atoms with Crippen LogP contribution in [0.4, 0.5) is 0 Å². The third kappa shape index (κ3) is 4.40. The van der Waals surface area contributed by atoms with Crippen molar-refractivity contribution in [2.75, 3.05) is 5.75 Å². The van der Waals surface area contributed by atoms with E-state index < -0.39 is 0 Å². The van der Waals surface area contributed by atoms with E-state index >= 15 is 0 Å². The first-order valence-corrected chi connectivity index (χ1v) is 10.8. The molecule has 130 valence electrons. The Labute approximate surface area is 154 Å². The molecule has 0 amide bonds. The Morgan fingerprint density at radius 3 is 2.92 bits per heavy atom. The highest BCUT2D eigenvalue weighted by Crippen LogP contribution is 2.51. The summed E-state index contributed by atoms with van der Waals surface area (Å²) in [6.07, 6.45) is 10.9. The summed E-state index contributed by atoms with van der Waals surface area (Å²) in [5.74, 6) is 1.29. The number of aromatic nitrogens is 2. The monoisotopic (exact) mass is 360 g/mol. The van der Waals surface area contributed by atoms with E-state index in [0.29, 0.717) is 4.08 Å². The van der Waals surface area contributed by atoms with E-state index in [1.165, 1.54) is 48.1 Å². The molecule has 0 N–H and O–H groups in total. The van der Waals surface area contributed by atoms with Crippen LogP contribution >= 0.6 is 23.5 Å². The average Bonchev–Trinajstić information content (AvgIpc) is 3.10. The van der Waals surface area contributed by atoms with Crippen LogP contribution in [0, 0.1) is 13.8 Å². The predicted octanol–water partition coefficient (Wildman–Crippen LogP) is 5.48. The highest BCUT2D eigenvalue weighted by atomic mass is 32.2. The van der Waals surface area contributed by atoms with Gasteiger partial charge in [-0.1, -0.05) is 30.7 Å². The van der Waals surface area contributed by atoms with Crippen LogP contribution in [0.25, 0.3) is 0 Å². The van der Waals surface area contributed by atoms with Crippen LogP contribution < -0.4 is 0 Å². The van der Waals surface area contributed by atoms with Crippen LogP contribution in [-0.2, 0) is 13.0 Å². The average molecular weight is 361 g/mol. The van der Waals surface area contributed by atoms with Crippen LogP contribution in [0.3, 0.4) is 0 Å². The van der Waals surface area contributed by atoms with Gasteiger partial charge in [0.2, 0.25) is 0 Å². The molecule has 0 bridgehead atoms. The molecule has 0 saturated carbocycles. The maximum atomic E-state index is 4.20. The first kappa shape index (κ1) is 17.9. The van der Waals surface area contributed by atoms with Crippen LogP contribution in [0.15, 0.2) is 36.9 Å². The van der Waals surface area contributed by atoms with E-state index in [-0.39, 0.29) is 0 Å². The van der Waals surface area contributed by atoms with E-state index in [0.717, 1.165) is 11.8 Å². The van der Waals surface area contributed by atoms with Crippen molar-refractivity contribution in [3.05, 3.63) is 53.6 Å². The topological polar surface area (TPSA) is 17.8 Å². The summed E-state index contributed by atoms with van der Waals surface area (Å²) >= 11 is 4.43. The molecule has 1 aromatic heterocycles. The normalized spacial score (nSPS) is 24.2. The smallest absolute Gasteiger partial charge is 0.0945 e. The van der Waals surface area contributed by atoms with Gasteiger partial charge >= 0.3 is 0 Å². The molecule has 1 aliphatic rings. The van der Waals surface area contributed by atoms with Crippen molar-refractivity contribution in [1.29, 1.82) is 0 Å². The summed E-state index contributed by atoms with van der Waals surface area (Å²) in [6, 6.07) is 6.94. The number of aryl methyl sites for hydroxylation is 3. The van der Waals surface area contributed by atoms with Gasteiger partial charge in [-0.3, -0.25) is 0 Å². The molecule has 2 heterocycles. The molecule has 0 spiro atoms. The molecule has 1 aromatic carbocycles. The van der Waals surface area contributed by atoms with E-state index in [2.05, 4.69) is 78.2 Å². The standard InChI is InChI=1S/C20H28N2S2/c1-4-19-7-12-23-20(24-19,8-10-22-11-9-21-15-22)14-18-6-5-16(2)13-17(18)3/h5-6,9,11,13,15,19H,4,7-8,10,12,14H2,1-3H3. The van der Waals surface area contributed by atoms with Crippen molar-refractivity contribution in [2.24, 2.45) is 0 Å². The summed E-state index contributed by atoms with van der Waals surface area (Å²) in [6.45, 7) is 7.84. The van der Waals surface area contributed by atoms with Crippen molar-refractivity contribution in [1.82, 2.24) is 9.55 Å². The fraction of sp³-hybridized carbons (Fsp3) is 0.550. The van der Waals surface area contributed by atoms with Crippen LogP contribution in [-0.4, -0.2) is 24.6 Å². The summed E-state index contributed by atoms with van der Waals surface area (Å²) in [5, 5.41) is 0.805. The van der Waals surface area contributed by atoms with Crippen LogP contribution in [0.1, 0.15) is 42.9 Å². The maximum Gasteiger partial charge on any atom is 0.0945 e. The third-order valence-electron chi connectivity index (χ3n) is 4.91. The Kier molecular flexibility index (Phi) is 5.98. The molecule has 0 aliphatic carbocycles. The summed E-state index contributed by atoms with van der Waals surface area (Å²) in [7, 11) is 0. The zero-order valence-electron chi connectivity index (χ0n) is 15.0.